The van der Waals surface area contributed by atoms with Gasteiger partial charge in [0, 0.05) is 18.0 Å². The molecule has 7 heteroatoms. The van der Waals surface area contributed by atoms with Gasteiger partial charge < -0.3 is 9.47 Å². The van der Waals surface area contributed by atoms with E-state index in [9.17, 15) is 18.8 Å². The van der Waals surface area contributed by atoms with E-state index >= 15 is 0 Å². The van der Waals surface area contributed by atoms with Gasteiger partial charge in [0.1, 0.15) is 18.1 Å². The van der Waals surface area contributed by atoms with Crippen LogP contribution in [0.1, 0.15) is 23.3 Å². The number of nitrogens with zero attached hydrogens (tertiary/aromatic N) is 1. The molecular formula is C16H14FNO5. The molecule has 0 unspecified atom stereocenters. The van der Waals surface area contributed by atoms with Crippen molar-refractivity contribution in [2.45, 2.75) is 12.8 Å². The quantitative estimate of drug-likeness (QED) is 0.758. The van der Waals surface area contributed by atoms with Crippen molar-refractivity contribution in [2.75, 3.05) is 13.7 Å². The summed E-state index contributed by atoms with van der Waals surface area (Å²) in [6.45, 7) is -0.460. The number of ketones is 1. The van der Waals surface area contributed by atoms with Gasteiger partial charge in [-0.05, 0) is 29.7 Å². The molecule has 6 nitrogen and oxygen atoms in total. The van der Waals surface area contributed by atoms with E-state index in [2.05, 4.69) is 9.72 Å². The average molecular weight is 319 g/mol. The molecular weight excluding hydrogens is 305 g/mol. The number of hydrogen-bond acceptors (Lipinski definition) is 6. The van der Waals surface area contributed by atoms with Crippen LogP contribution in [0.15, 0.2) is 30.5 Å². The maximum absolute atomic E-state index is 13.2. The molecule has 1 aromatic heterocycles. The van der Waals surface area contributed by atoms with Gasteiger partial charge in [0.05, 0.1) is 13.5 Å². The van der Waals surface area contributed by atoms with Crippen molar-refractivity contribution in [2.24, 2.45) is 0 Å². The van der Waals surface area contributed by atoms with E-state index in [-0.39, 0.29) is 18.5 Å². The van der Waals surface area contributed by atoms with Crippen molar-refractivity contribution in [1.82, 2.24) is 4.98 Å². The van der Waals surface area contributed by atoms with Crippen LogP contribution in [0.25, 0.3) is 10.8 Å². The predicted octanol–water partition coefficient (Wildman–Crippen LogP) is 2.05. The molecule has 120 valence electrons. The number of carbonyl (C=O) groups is 3. The number of methoxy groups -OCH3 is 1. The largest absolute Gasteiger partial charge is 0.469 e. The molecule has 0 saturated carbocycles. The lowest BCUT2D eigenvalue weighted by atomic mass is 10.1. The summed E-state index contributed by atoms with van der Waals surface area (Å²) in [7, 11) is 1.22. The number of carbonyl (C=O) groups excluding carboxylic acids is 3. The van der Waals surface area contributed by atoms with Gasteiger partial charge in [-0.3, -0.25) is 9.59 Å². The SMILES string of the molecule is COC(=O)CCC(=O)COC(=O)c1cc2cc(F)ccc2cn1. The number of aromatic nitrogens is 1. The lowest BCUT2D eigenvalue weighted by Crippen LogP contribution is -2.16. The van der Waals surface area contributed by atoms with Gasteiger partial charge in [-0.15, -0.1) is 0 Å². The first-order valence-electron chi connectivity index (χ1n) is 6.80. The third-order valence-electron chi connectivity index (χ3n) is 3.09. The van der Waals surface area contributed by atoms with E-state index in [0.717, 1.165) is 0 Å². The number of benzene rings is 1. The normalized spacial score (nSPS) is 10.3. The summed E-state index contributed by atoms with van der Waals surface area (Å²) in [5, 5.41) is 1.18. The minimum absolute atomic E-state index is 0.0242. The summed E-state index contributed by atoms with van der Waals surface area (Å²) >= 11 is 0. The van der Waals surface area contributed by atoms with Crippen LogP contribution in [0.2, 0.25) is 0 Å². The van der Waals surface area contributed by atoms with E-state index < -0.39 is 30.1 Å². The number of hydrogen-bond donors (Lipinski definition) is 0. The highest BCUT2D eigenvalue weighted by Crippen LogP contribution is 2.16. The molecule has 0 spiro atoms. The number of ether oxygens (including phenoxy) is 2. The highest BCUT2D eigenvalue weighted by molar-refractivity contribution is 5.94. The second kappa shape index (κ2) is 7.44. The Labute approximate surface area is 131 Å². The van der Waals surface area contributed by atoms with Gasteiger partial charge >= 0.3 is 11.9 Å². The summed E-state index contributed by atoms with van der Waals surface area (Å²) in [4.78, 5) is 38.2. The lowest BCUT2D eigenvalue weighted by molar-refractivity contribution is -0.142. The third-order valence-corrected chi connectivity index (χ3v) is 3.09. The molecule has 1 heterocycles. The fourth-order valence-corrected chi connectivity index (χ4v) is 1.86. The van der Waals surface area contributed by atoms with Crippen LogP contribution in [-0.2, 0) is 19.1 Å². The molecule has 0 amide bonds. The summed E-state index contributed by atoms with van der Waals surface area (Å²) in [5.41, 5.74) is -0.0242. The number of esters is 2. The van der Waals surface area contributed by atoms with Crippen LogP contribution in [-0.4, -0.2) is 36.4 Å². The Kier molecular flexibility index (Phi) is 5.35. The minimum Gasteiger partial charge on any atom is -0.469 e. The van der Waals surface area contributed by atoms with Crippen molar-refractivity contribution < 1.29 is 28.2 Å². The molecule has 0 aliphatic heterocycles. The molecule has 0 atom stereocenters. The second-order valence-electron chi connectivity index (χ2n) is 4.75. The number of pyridine rings is 1. The molecule has 0 aliphatic carbocycles. The van der Waals surface area contributed by atoms with Gasteiger partial charge in [0.2, 0.25) is 0 Å². The predicted molar refractivity (Wildman–Crippen MR) is 78.2 cm³/mol. The van der Waals surface area contributed by atoms with Gasteiger partial charge in [-0.1, -0.05) is 0 Å². The zero-order chi connectivity index (χ0) is 16.8. The Balaban J connectivity index is 1.95. The maximum atomic E-state index is 13.2. The Bertz CT molecular complexity index is 759. The first-order valence-corrected chi connectivity index (χ1v) is 6.80. The Morgan fingerprint density at radius 1 is 1.13 bits per heavy atom. The van der Waals surface area contributed by atoms with Crippen LogP contribution in [0.5, 0.6) is 0 Å². The standard InChI is InChI=1S/C16H14FNO5/c1-22-15(20)5-4-13(19)9-23-16(21)14-7-11-6-12(17)3-2-10(11)8-18-14/h2-3,6-8H,4-5,9H2,1H3. The van der Waals surface area contributed by atoms with Crippen molar-refractivity contribution in [3.63, 3.8) is 0 Å². The zero-order valence-corrected chi connectivity index (χ0v) is 12.4. The molecule has 0 saturated heterocycles. The second-order valence-corrected chi connectivity index (χ2v) is 4.75. The molecule has 2 rings (SSSR count). The molecule has 0 N–H and O–H groups in total. The molecule has 2 aromatic rings. The highest BCUT2D eigenvalue weighted by Gasteiger charge is 2.13. The van der Waals surface area contributed by atoms with Gasteiger partial charge in [0.25, 0.3) is 0 Å². The average Bonchev–Trinajstić information content (AvgIpc) is 2.56. The van der Waals surface area contributed by atoms with Crippen molar-refractivity contribution in [3.8, 4) is 0 Å². The van der Waals surface area contributed by atoms with E-state index in [1.807, 2.05) is 0 Å². The molecule has 0 radical (unpaired) electrons. The summed E-state index contributed by atoms with van der Waals surface area (Å²) in [6.07, 6.45) is 1.28. The Morgan fingerprint density at radius 3 is 2.65 bits per heavy atom. The minimum atomic E-state index is -0.789. The third kappa shape index (κ3) is 4.57. The van der Waals surface area contributed by atoms with Crippen LogP contribution >= 0.6 is 0 Å². The molecule has 1 aromatic carbocycles. The summed E-state index contributed by atoms with van der Waals surface area (Å²) in [5.74, 6) is -2.14. The number of Topliss-reactive ketones (excluding diaryl/α,β-unsaturated/α-hetero) is 1. The fraction of sp³-hybridized carbons (Fsp3) is 0.250. The van der Waals surface area contributed by atoms with E-state index in [4.69, 9.17) is 4.74 Å². The smallest absolute Gasteiger partial charge is 0.357 e. The van der Waals surface area contributed by atoms with E-state index in [1.165, 1.54) is 31.5 Å². The number of fused-ring (bicyclic) bond motifs is 1. The van der Waals surface area contributed by atoms with Crippen molar-refractivity contribution in [1.29, 1.82) is 0 Å². The first-order chi connectivity index (χ1) is 11.0. The fourth-order valence-electron chi connectivity index (χ4n) is 1.86. The Morgan fingerprint density at radius 2 is 1.91 bits per heavy atom. The van der Waals surface area contributed by atoms with E-state index in [0.29, 0.717) is 10.8 Å². The summed E-state index contributed by atoms with van der Waals surface area (Å²) in [6, 6.07) is 5.50. The zero-order valence-electron chi connectivity index (χ0n) is 12.4. The van der Waals surface area contributed by atoms with Crippen LogP contribution in [0, 0.1) is 5.82 Å². The molecule has 23 heavy (non-hydrogen) atoms. The van der Waals surface area contributed by atoms with Gasteiger partial charge in [0.15, 0.2) is 5.78 Å². The monoisotopic (exact) mass is 319 g/mol. The van der Waals surface area contributed by atoms with Gasteiger partial charge in [-0.2, -0.15) is 0 Å². The van der Waals surface area contributed by atoms with Crippen LogP contribution in [0.4, 0.5) is 4.39 Å². The van der Waals surface area contributed by atoms with E-state index in [1.54, 1.807) is 6.07 Å². The van der Waals surface area contributed by atoms with Gasteiger partial charge in [-0.25, -0.2) is 14.2 Å². The first kappa shape index (κ1) is 16.5. The molecule has 0 fully saturated rings. The molecule has 0 bridgehead atoms. The van der Waals surface area contributed by atoms with Crippen molar-refractivity contribution >= 4 is 28.5 Å². The van der Waals surface area contributed by atoms with Crippen LogP contribution in [0.3, 0.4) is 0 Å². The molecule has 0 aliphatic rings. The number of rotatable bonds is 6. The maximum Gasteiger partial charge on any atom is 0.357 e. The van der Waals surface area contributed by atoms with Crippen LogP contribution < -0.4 is 0 Å². The number of halogens is 1. The van der Waals surface area contributed by atoms with Crippen molar-refractivity contribution in [3.05, 3.63) is 42.0 Å². The lowest BCUT2D eigenvalue weighted by Gasteiger charge is -2.05. The summed E-state index contributed by atoms with van der Waals surface area (Å²) < 4.78 is 22.4. The highest BCUT2D eigenvalue weighted by atomic mass is 19.1. The Hall–Kier alpha value is -2.83. The topological polar surface area (TPSA) is 82.6 Å².